The smallest absolute Gasteiger partial charge is 0.410 e. The summed E-state index contributed by atoms with van der Waals surface area (Å²) in [7, 11) is 0. The third-order valence-electron chi connectivity index (χ3n) is 4.79. The Morgan fingerprint density at radius 2 is 1.97 bits per heavy atom. The lowest BCUT2D eigenvalue weighted by Crippen LogP contribution is -2.58. The van der Waals surface area contributed by atoms with Gasteiger partial charge in [0, 0.05) is 19.2 Å². The second kappa shape index (κ2) is 8.18. The Labute approximate surface area is 169 Å². The molecule has 2 fully saturated rings. The minimum absolute atomic E-state index is 0.119. The van der Waals surface area contributed by atoms with Crippen molar-refractivity contribution in [1.29, 1.82) is 0 Å². The molecule has 0 bridgehead atoms. The maximum atomic E-state index is 12.8. The Morgan fingerprint density at radius 3 is 2.62 bits per heavy atom. The van der Waals surface area contributed by atoms with Crippen LogP contribution in [-0.2, 0) is 19.1 Å². The zero-order valence-electron chi connectivity index (χ0n) is 16.9. The average Bonchev–Trinajstić information content (AvgIpc) is 3.14. The highest BCUT2D eigenvalue weighted by molar-refractivity contribution is 6.18. The molecule has 9 heteroatoms. The quantitative estimate of drug-likeness (QED) is 0.770. The molecule has 9 nitrogen and oxygen atoms in total. The first-order chi connectivity index (χ1) is 13.7. The van der Waals surface area contributed by atoms with Crippen molar-refractivity contribution in [2.75, 3.05) is 11.4 Å². The summed E-state index contributed by atoms with van der Waals surface area (Å²) in [6.45, 7) is 5.71. The van der Waals surface area contributed by atoms with Gasteiger partial charge in [-0.05, 0) is 52.2 Å². The minimum atomic E-state index is -0.844. The number of likely N-dealkylation sites (tertiary alicyclic amines) is 1. The molecule has 2 aliphatic heterocycles. The number of pyridine rings is 1. The lowest BCUT2D eigenvalue weighted by molar-refractivity contribution is -0.135. The molecule has 29 heavy (non-hydrogen) atoms. The molecule has 1 aromatic rings. The van der Waals surface area contributed by atoms with Crippen LogP contribution in [0.4, 0.5) is 10.6 Å². The van der Waals surface area contributed by atoms with E-state index < -0.39 is 35.6 Å². The van der Waals surface area contributed by atoms with Crippen molar-refractivity contribution in [3.8, 4) is 0 Å². The normalized spacial score (nSPS) is 22.6. The lowest BCUT2D eigenvalue weighted by Gasteiger charge is -2.32. The molecule has 156 valence electrons. The number of carbonyl (C=O) groups is 4. The van der Waals surface area contributed by atoms with E-state index in [1.807, 2.05) is 0 Å². The number of piperidine rings is 1. The maximum Gasteiger partial charge on any atom is 0.410 e. The molecule has 3 heterocycles. The van der Waals surface area contributed by atoms with Crippen LogP contribution < -0.4 is 10.2 Å². The van der Waals surface area contributed by atoms with Gasteiger partial charge in [0.05, 0.1) is 0 Å². The Kier molecular flexibility index (Phi) is 5.86. The summed E-state index contributed by atoms with van der Waals surface area (Å²) in [6.07, 6.45) is 2.45. The van der Waals surface area contributed by atoms with Crippen molar-refractivity contribution in [1.82, 2.24) is 15.2 Å². The van der Waals surface area contributed by atoms with Crippen molar-refractivity contribution in [3.63, 3.8) is 0 Å². The maximum absolute atomic E-state index is 12.8. The fourth-order valence-corrected chi connectivity index (χ4v) is 3.49. The highest BCUT2D eigenvalue weighted by atomic mass is 16.6. The molecular weight excluding hydrogens is 376 g/mol. The molecule has 4 amide bonds. The first kappa shape index (κ1) is 20.8. The van der Waals surface area contributed by atoms with Crippen LogP contribution in [0.25, 0.3) is 0 Å². The number of imide groups is 1. The average molecular weight is 402 g/mol. The second-order valence-electron chi connectivity index (χ2n) is 8.19. The predicted octanol–water partition coefficient (Wildman–Crippen LogP) is 1.62. The Morgan fingerprint density at radius 1 is 1.21 bits per heavy atom. The van der Waals surface area contributed by atoms with E-state index in [9.17, 15) is 19.2 Å². The second-order valence-corrected chi connectivity index (χ2v) is 8.19. The molecule has 2 unspecified atom stereocenters. The van der Waals surface area contributed by atoms with Crippen LogP contribution in [0.2, 0.25) is 0 Å². The summed E-state index contributed by atoms with van der Waals surface area (Å²) in [4.78, 5) is 56.8. The van der Waals surface area contributed by atoms with Crippen LogP contribution in [0.5, 0.6) is 0 Å². The van der Waals surface area contributed by atoms with Gasteiger partial charge in [-0.3, -0.25) is 19.3 Å². The van der Waals surface area contributed by atoms with Gasteiger partial charge in [0.1, 0.15) is 23.5 Å². The minimum Gasteiger partial charge on any atom is -0.444 e. The molecule has 0 aromatic carbocycles. The monoisotopic (exact) mass is 402 g/mol. The fourth-order valence-electron chi connectivity index (χ4n) is 3.49. The van der Waals surface area contributed by atoms with Gasteiger partial charge in [-0.1, -0.05) is 6.07 Å². The van der Waals surface area contributed by atoms with E-state index in [0.29, 0.717) is 19.4 Å². The van der Waals surface area contributed by atoms with E-state index in [1.54, 1.807) is 39.0 Å². The first-order valence-corrected chi connectivity index (χ1v) is 9.75. The number of aromatic nitrogens is 1. The van der Waals surface area contributed by atoms with Crippen molar-refractivity contribution in [2.24, 2.45) is 0 Å². The summed E-state index contributed by atoms with van der Waals surface area (Å²) in [5.74, 6) is -1.05. The van der Waals surface area contributed by atoms with Crippen LogP contribution in [0, 0.1) is 0 Å². The standard InChI is InChI=1S/C20H26N4O5/c1-20(2,3)29-19(28)23-12-6-7-14(23)17(26)22-13-9-10-16(25)24(18(13)27)15-8-4-5-11-21-15/h4-5,8,11,13-14H,6-7,9-10,12H2,1-3H3,(H,22,26). The van der Waals surface area contributed by atoms with E-state index in [2.05, 4.69) is 10.3 Å². The summed E-state index contributed by atoms with van der Waals surface area (Å²) >= 11 is 0. The van der Waals surface area contributed by atoms with Gasteiger partial charge >= 0.3 is 6.09 Å². The number of nitrogens with zero attached hydrogens (tertiary/aromatic N) is 3. The Bertz CT molecular complexity index is 805. The number of hydrogen-bond acceptors (Lipinski definition) is 6. The number of anilines is 1. The molecule has 0 aliphatic carbocycles. The van der Waals surface area contributed by atoms with Gasteiger partial charge < -0.3 is 10.1 Å². The zero-order chi connectivity index (χ0) is 21.2. The lowest BCUT2D eigenvalue weighted by atomic mass is 10.0. The molecule has 0 spiro atoms. The Balaban J connectivity index is 1.69. The highest BCUT2D eigenvalue weighted by Gasteiger charge is 2.41. The van der Waals surface area contributed by atoms with Gasteiger partial charge in [0.2, 0.25) is 11.8 Å². The van der Waals surface area contributed by atoms with Gasteiger partial charge in [-0.25, -0.2) is 14.7 Å². The summed E-state index contributed by atoms with van der Waals surface area (Å²) in [5, 5.41) is 2.72. The van der Waals surface area contributed by atoms with Gasteiger partial charge in [-0.15, -0.1) is 0 Å². The first-order valence-electron chi connectivity index (χ1n) is 9.75. The number of ether oxygens (including phenoxy) is 1. The summed E-state index contributed by atoms with van der Waals surface area (Å²) < 4.78 is 5.38. The molecule has 0 saturated carbocycles. The molecule has 1 aromatic heterocycles. The van der Waals surface area contributed by atoms with E-state index >= 15 is 0 Å². The van der Waals surface area contributed by atoms with Crippen LogP contribution in [0.15, 0.2) is 24.4 Å². The van der Waals surface area contributed by atoms with Crippen molar-refractivity contribution in [2.45, 2.75) is 64.1 Å². The SMILES string of the molecule is CC(C)(C)OC(=O)N1CCCC1C(=O)NC1CCC(=O)N(c2ccccn2)C1=O. The predicted molar refractivity (Wildman–Crippen MR) is 104 cm³/mol. The zero-order valence-corrected chi connectivity index (χ0v) is 16.9. The topological polar surface area (TPSA) is 109 Å². The molecule has 1 N–H and O–H groups in total. The molecule has 2 saturated heterocycles. The number of nitrogens with one attached hydrogen (secondary N) is 1. The Hall–Kier alpha value is -2.97. The van der Waals surface area contributed by atoms with Gasteiger partial charge in [-0.2, -0.15) is 0 Å². The largest absolute Gasteiger partial charge is 0.444 e. The van der Waals surface area contributed by atoms with Crippen molar-refractivity contribution < 1.29 is 23.9 Å². The van der Waals surface area contributed by atoms with E-state index in [-0.39, 0.29) is 24.6 Å². The van der Waals surface area contributed by atoms with Crippen molar-refractivity contribution >= 4 is 29.6 Å². The number of hydrogen-bond donors (Lipinski definition) is 1. The molecule has 0 radical (unpaired) electrons. The number of amides is 4. The van der Waals surface area contributed by atoms with E-state index in [0.717, 1.165) is 4.90 Å². The summed E-state index contributed by atoms with van der Waals surface area (Å²) in [6, 6.07) is 3.40. The van der Waals surface area contributed by atoms with Crippen LogP contribution >= 0.6 is 0 Å². The van der Waals surface area contributed by atoms with Crippen LogP contribution in [0.1, 0.15) is 46.5 Å². The number of rotatable bonds is 3. The van der Waals surface area contributed by atoms with Crippen LogP contribution in [0.3, 0.4) is 0 Å². The van der Waals surface area contributed by atoms with Gasteiger partial charge in [0.25, 0.3) is 5.91 Å². The molecule has 3 rings (SSSR count). The number of carbonyl (C=O) groups excluding carboxylic acids is 4. The van der Waals surface area contributed by atoms with E-state index in [4.69, 9.17) is 4.74 Å². The van der Waals surface area contributed by atoms with Gasteiger partial charge in [0.15, 0.2) is 0 Å². The fraction of sp³-hybridized carbons (Fsp3) is 0.550. The molecular formula is C20H26N4O5. The highest BCUT2D eigenvalue weighted by Crippen LogP contribution is 2.23. The van der Waals surface area contributed by atoms with Crippen molar-refractivity contribution in [3.05, 3.63) is 24.4 Å². The third-order valence-corrected chi connectivity index (χ3v) is 4.79. The van der Waals surface area contributed by atoms with Crippen LogP contribution in [-0.4, -0.2) is 57.9 Å². The molecule has 2 aliphatic rings. The summed E-state index contributed by atoms with van der Waals surface area (Å²) in [5.41, 5.74) is -0.663. The van der Waals surface area contributed by atoms with E-state index in [1.165, 1.54) is 11.1 Å². The third kappa shape index (κ3) is 4.72. The molecule has 2 atom stereocenters.